The lowest BCUT2D eigenvalue weighted by Crippen LogP contribution is -1.99. The van der Waals surface area contributed by atoms with Gasteiger partial charge >= 0.3 is 0 Å². The summed E-state index contributed by atoms with van der Waals surface area (Å²) >= 11 is 0. The number of hydrogen-bond acceptors (Lipinski definition) is 2. The van der Waals surface area contributed by atoms with Crippen molar-refractivity contribution in [2.24, 2.45) is 0 Å². The van der Waals surface area contributed by atoms with Gasteiger partial charge in [-0.05, 0) is 119 Å². The minimum atomic E-state index is 0.675. The molecule has 0 N–H and O–H groups in total. The summed E-state index contributed by atoms with van der Waals surface area (Å²) in [4.78, 5) is 11.4. The van der Waals surface area contributed by atoms with Crippen molar-refractivity contribution in [2.45, 2.75) is 0 Å². The van der Waals surface area contributed by atoms with Crippen LogP contribution in [0.15, 0.2) is 315 Å². The molecule has 0 aliphatic heterocycles. The average Bonchev–Trinajstić information content (AvgIpc) is 1.56. The molecule has 0 saturated heterocycles. The molecule has 1 aliphatic rings. The van der Waals surface area contributed by atoms with E-state index < -0.39 is 0 Å². The van der Waals surface area contributed by atoms with Crippen LogP contribution in [0.5, 0.6) is 0 Å². The highest BCUT2D eigenvalue weighted by Gasteiger charge is 2.31. The number of hydrogen-bond donors (Lipinski definition) is 0. The van der Waals surface area contributed by atoms with Crippen LogP contribution < -0.4 is 0 Å². The van der Waals surface area contributed by atoms with Crippen molar-refractivity contribution < 1.29 is 0 Å². The Kier molecular flexibility index (Phi) is 10.8. The molecule has 0 spiro atoms. The molecule has 20 rings (SSSR count). The number of rotatable bonds is 8. The Morgan fingerprint density at radius 2 is 0.554 bits per heavy atom. The maximum Gasteiger partial charge on any atom is 0.160 e. The first-order valence-corrected chi connectivity index (χ1v) is 31.6. The SMILES string of the molecule is c1ccc(-c2nc(-c3cccc(-n4c5ccccc5c5c(-c6cccc7c6c6ccccc6n7-c6ccccc6)cccc54)c3)nc3c2-c2ccc(-n4c5ccccc5c5c(-c6cccc7c6c6ccccc6n7-c6ccccc6)cccc54)c4cccc-3c24)cc1. The molecule has 0 radical (unpaired) electrons. The smallest absolute Gasteiger partial charge is 0.160 e. The molecule has 1 aliphatic carbocycles. The first-order chi connectivity index (χ1) is 45.7. The fourth-order valence-electron chi connectivity index (χ4n) is 15.8. The number of para-hydroxylation sites is 6. The molecule has 19 aromatic rings. The first-order valence-electron chi connectivity index (χ1n) is 31.6. The predicted octanol–water partition coefficient (Wildman–Crippen LogP) is 22.3. The molecule has 92 heavy (non-hydrogen) atoms. The molecule has 6 nitrogen and oxygen atoms in total. The second kappa shape index (κ2) is 19.6. The van der Waals surface area contributed by atoms with Crippen molar-refractivity contribution in [1.82, 2.24) is 28.2 Å². The van der Waals surface area contributed by atoms with Gasteiger partial charge in [-0.25, -0.2) is 9.97 Å². The van der Waals surface area contributed by atoms with E-state index in [4.69, 9.17) is 9.97 Å². The Labute approximate surface area is 528 Å². The van der Waals surface area contributed by atoms with Crippen LogP contribution in [0.25, 0.3) is 188 Å². The van der Waals surface area contributed by atoms with Crippen LogP contribution in [-0.2, 0) is 0 Å². The van der Waals surface area contributed by atoms with E-state index in [2.05, 4.69) is 334 Å². The van der Waals surface area contributed by atoms with Crippen LogP contribution in [0.4, 0.5) is 0 Å². The van der Waals surface area contributed by atoms with Crippen LogP contribution in [0.3, 0.4) is 0 Å². The van der Waals surface area contributed by atoms with E-state index in [1.165, 1.54) is 92.8 Å². The van der Waals surface area contributed by atoms with Crippen LogP contribution in [0, 0.1) is 0 Å². The molecule has 6 heteroatoms. The van der Waals surface area contributed by atoms with E-state index in [0.29, 0.717) is 5.82 Å². The van der Waals surface area contributed by atoms with Gasteiger partial charge in [-0.15, -0.1) is 0 Å². The second-order valence-electron chi connectivity index (χ2n) is 24.3. The van der Waals surface area contributed by atoms with E-state index in [9.17, 15) is 0 Å². The summed E-state index contributed by atoms with van der Waals surface area (Å²) in [5, 5.41) is 12.1. The highest BCUT2D eigenvalue weighted by Crippen LogP contribution is 2.53. The molecule has 0 fully saturated rings. The summed E-state index contributed by atoms with van der Waals surface area (Å²) in [6.45, 7) is 0. The quantitative estimate of drug-likeness (QED) is 0.152. The van der Waals surface area contributed by atoms with Crippen molar-refractivity contribution >= 4 is 98.0 Å². The number of benzene rings is 14. The topological polar surface area (TPSA) is 45.5 Å². The third kappa shape index (κ3) is 7.14. The molecule has 426 valence electrons. The zero-order valence-corrected chi connectivity index (χ0v) is 49.7. The summed E-state index contributed by atoms with van der Waals surface area (Å²) < 4.78 is 9.74. The summed E-state index contributed by atoms with van der Waals surface area (Å²) in [7, 11) is 0. The zero-order chi connectivity index (χ0) is 60.1. The third-order valence-corrected chi connectivity index (χ3v) is 19.5. The highest BCUT2D eigenvalue weighted by molar-refractivity contribution is 6.25. The Balaban J connectivity index is 0.753. The monoisotopic (exact) mass is 1170 g/mol. The first kappa shape index (κ1) is 50.6. The van der Waals surface area contributed by atoms with E-state index in [-0.39, 0.29) is 0 Å². The lowest BCUT2D eigenvalue weighted by atomic mass is 9.95. The molecular weight excluding hydrogens is 1120 g/mol. The van der Waals surface area contributed by atoms with Crippen LogP contribution in [-0.4, -0.2) is 28.2 Å². The minimum Gasteiger partial charge on any atom is -0.309 e. The van der Waals surface area contributed by atoms with E-state index in [0.717, 1.165) is 89.4 Å². The molecule has 0 saturated carbocycles. The van der Waals surface area contributed by atoms with E-state index in [1.807, 2.05) is 0 Å². The predicted molar refractivity (Wildman–Crippen MR) is 383 cm³/mol. The average molecular weight is 1170 g/mol. The summed E-state index contributed by atoms with van der Waals surface area (Å²) in [5.74, 6) is 0.675. The largest absolute Gasteiger partial charge is 0.309 e. The fraction of sp³-hybridized carbons (Fsp3) is 0. The molecule has 5 heterocycles. The van der Waals surface area contributed by atoms with E-state index >= 15 is 0 Å². The molecular formula is C86H52N6. The van der Waals surface area contributed by atoms with Crippen molar-refractivity contribution in [3.8, 4) is 90.0 Å². The second-order valence-corrected chi connectivity index (χ2v) is 24.3. The Bertz CT molecular complexity index is 6300. The van der Waals surface area contributed by atoms with Crippen molar-refractivity contribution in [3.05, 3.63) is 315 Å². The van der Waals surface area contributed by atoms with Crippen molar-refractivity contribution in [3.63, 3.8) is 0 Å². The van der Waals surface area contributed by atoms with Gasteiger partial charge in [-0.3, -0.25) is 0 Å². The summed E-state index contributed by atoms with van der Waals surface area (Å²) in [6.07, 6.45) is 0. The Hall–Kier alpha value is -12.4. The normalized spacial score (nSPS) is 12.1. The Morgan fingerprint density at radius 1 is 0.207 bits per heavy atom. The molecule has 0 bridgehead atoms. The van der Waals surface area contributed by atoms with E-state index in [1.54, 1.807) is 0 Å². The van der Waals surface area contributed by atoms with Gasteiger partial charge in [0.1, 0.15) is 0 Å². The molecule has 5 aromatic heterocycles. The number of nitrogens with zero attached hydrogens (tertiary/aromatic N) is 6. The van der Waals surface area contributed by atoms with Gasteiger partial charge in [0.2, 0.25) is 0 Å². The molecule has 14 aromatic carbocycles. The lowest BCUT2D eigenvalue weighted by molar-refractivity contribution is 1.16. The third-order valence-electron chi connectivity index (χ3n) is 19.5. The summed E-state index contributed by atoms with van der Waals surface area (Å²) in [6, 6.07) is 115. The van der Waals surface area contributed by atoms with Gasteiger partial charge in [0, 0.05) is 93.2 Å². The zero-order valence-electron chi connectivity index (χ0n) is 49.7. The summed E-state index contributed by atoms with van der Waals surface area (Å²) in [5.41, 5.74) is 25.7. The fourth-order valence-corrected chi connectivity index (χ4v) is 15.8. The molecule has 0 amide bonds. The highest BCUT2D eigenvalue weighted by atomic mass is 15.0. The molecule has 0 unspecified atom stereocenters. The lowest BCUT2D eigenvalue weighted by Gasteiger charge is -2.15. The maximum atomic E-state index is 5.70. The van der Waals surface area contributed by atoms with Crippen LogP contribution in [0.2, 0.25) is 0 Å². The van der Waals surface area contributed by atoms with Crippen LogP contribution >= 0.6 is 0 Å². The van der Waals surface area contributed by atoms with Crippen LogP contribution in [0.1, 0.15) is 0 Å². The minimum absolute atomic E-state index is 0.675. The van der Waals surface area contributed by atoms with Gasteiger partial charge < -0.3 is 18.3 Å². The van der Waals surface area contributed by atoms with Gasteiger partial charge in [0.25, 0.3) is 0 Å². The molecule has 0 atom stereocenters. The van der Waals surface area contributed by atoms with Gasteiger partial charge in [-0.1, -0.05) is 224 Å². The van der Waals surface area contributed by atoms with Gasteiger partial charge in [0.05, 0.1) is 61.2 Å². The van der Waals surface area contributed by atoms with Gasteiger partial charge in [-0.2, -0.15) is 0 Å². The maximum absolute atomic E-state index is 5.70. The van der Waals surface area contributed by atoms with Gasteiger partial charge in [0.15, 0.2) is 5.82 Å². The Morgan fingerprint density at radius 3 is 1.05 bits per heavy atom. The number of aromatic nitrogens is 6. The van der Waals surface area contributed by atoms with Crippen molar-refractivity contribution in [1.29, 1.82) is 0 Å². The standard InChI is InChI=1S/C86H52N6/c1-4-24-53(25-5-1)84-83-67-50-51-73(92-72-45-17-13-35-66(72)82-61(39-23-49-77(82)92)60-37-21-47-75-80(60)64-33-11-15-43-70(64)90(75)56-29-8-3-9-30-56)62-40-19-41-68(78(62)67)85(83)88-86(87-84)54-26-18-31-57(52-54)91-71-44-16-12-34-65(71)81-59(38-22-48-76(81)91)58-36-20-46-74-79(58)63-32-10-14-42-69(63)89(74)55-27-6-2-7-28-55/h1-52H. The number of fused-ring (bicyclic) bond motifs is 15. The van der Waals surface area contributed by atoms with Crippen molar-refractivity contribution in [2.75, 3.05) is 0 Å².